The Morgan fingerprint density at radius 1 is 1.64 bits per heavy atom. The van der Waals surface area contributed by atoms with Crippen LogP contribution in [0.1, 0.15) is 6.92 Å². The maximum atomic E-state index is 10.2. The molecule has 4 N–H and O–H groups in total. The molecule has 6 nitrogen and oxygen atoms in total. The molecule has 7 heteroatoms. The summed E-state index contributed by atoms with van der Waals surface area (Å²) in [5.74, 6) is -2.47. The first kappa shape index (κ1) is 10.3. The zero-order valence-corrected chi connectivity index (χ0v) is 6.63. The van der Waals surface area contributed by atoms with Crippen molar-refractivity contribution in [3.8, 4) is 0 Å². The predicted molar refractivity (Wildman–Crippen MR) is 36.6 cm³/mol. The van der Waals surface area contributed by atoms with Crippen molar-refractivity contribution in [1.82, 2.24) is 0 Å². The normalized spacial score (nSPS) is 17.4. The molecule has 0 aliphatic heterocycles. The third-order valence-corrected chi connectivity index (χ3v) is 1.94. The van der Waals surface area contributed by atoms with Gasteiger partial charge < -0.3 is 10.8 Å². The number of aliphatic carboxylic acids is 1. The highest BCUT2D eigenvalue weighted by Crippen LogP contribution is 2.02. The Hall–Kier alpha value is -0.660. The van der Waals surface area contributed by atoms with Gasteiger partial charge in [-0.2, -0.15) is 8.42 Å². The molecular weight excluding hydrogens is 174 g/mol. The SMILES string of the molecule is CC(N)(CS(=O)(=O)O)C(=O)O. The van der Waals surface area contributed by atoms with Gasteiger partial charge >= 0.3 is 5.97 Å². The number of carboxylic acid groups (broad SMARTS) is 1. The summed E-state index contributed by atoms with van der Waals surface area (Å²) in [6.45, 7) is 1.00. The lowest BCUT2D eigenvalue weighted by atomic mass is 10.1. The van der Waals surface area contributed by atoms with Gasteiger partial charge in [0.1, 0.15) is 11.3 Å². The Balaban J connectivity index is 4.51. The first-order valence-electron chi connectivity index (χ1n) is 2.62. The van der Waals surface area contributed by atoms with Gasteiger partial charge in [-0.3, -0.25) is 9.35 Å². The molecule has 1 atom stereocenters. The molecule has 0 rings (SSSR count). The fraction of sp³-hybridized carbons (Fsp3) is 0.750. The molecular formula is C4H9NO5S. The lowest BCUT2D eigenvalue weighted by Crippen LogP contribution is -2.50. The Morgan fingerprint density at radius 3 is 2.09 bits per heavy atom. The molecule has 0 radical (unpaired) electrons. The standard InChI is InChI=1S/C4H9NO5S/c1-4(5,3(6)7)2-11(8,9)10/h2,5H2,1H3,(H,6,7)(H,8,9,10). The van der Waals surface area contributed by atoms with Crippen molar-refractivity contribution in [2.75, 3.05) is 5.75 Å². The van der Waals surface area contributed by atoms with Crippen LogP contribution in [0.4, 0.5) is 0 Å². The number of hydrogen-bond acceptors (Lipinski definition) is 4. The van der Waals surface area contributed by atoms with E-state index in [1.54, 1.807) is 0 Å². The molecule has 11 heavy (non-hydrogen) atoms. The van der Waals surface area contributed by atoms with E-state index < -0.39 is 27.4 Å². The Bertz CT molecular complexity index is 254. The van der Waals surface area contributed by atoms with Crippen LogP contribution in [0.5, 0.6) is 0 Å². The summed E-state index contributed by atoms with van der Waals surface area (Å²) in [6, 6.07) is 0. The average molecular weight is 183 g/mol. The summed E-state index contributed by atoms with van der Waals surface area (Å²) in [4.78, 5) is 10.2. The second-order valence-electron chi connectivity index (χ2n) is 2.45. The zero-order chi connectivity index (χ0) is 9.28. The van der Waals surface area contributed by atoms with E-state index >= 15 is 0 Å². The van der Waals surface area contributed by atoms with Crippen LogP contribution in [-0.2, 0) is 14.9 Å². The Kier molecular flexibility index (Phi) is 2.60. The van der Waals surface area contributed by atoms with Gasteiger partial charge in [0.2, 0.25) is 0 Å². The van der Waals surface area contributed by atoms with Crippen LogP contribution in [-0.4, -0.2) is 35.3 Å². The maximum Gasteiger partial charge on any atom is 0.324 e. The molecule has 0 heterocycles. The van der Waals surface area contributed by atoms with Crippen LogP contribution in [0.3, 0.4) is 0 Å². The van der Waals surface area contributed by atoms with Crippen molar-refractivity contribution in [2.45, 2.75) is 12.5 Å². The van der Waals surface area contributed by atoms with Gasteiger partial charge in [-0.15, -0.1) is 0 Å². The summed E-state index contributed by atoms with van der Waals surface area (Å²) in [5.41, 5.74) is 3.07. The van der Waals surface area contributed by atoms with Crippen LogP contribution >= 0.6 is 0 Å². The number of hydrogen-bond donors (Lipinski definition) is 3. The molecule has 0 aliphatic rings. The molecule has 0 bridgehead atoms. The Morgan fingerprint density at radius 2 is 2.00 bits per heavy atom. The molecule has 0 spiro atoms. The molecule has 0 aromatic rings. The molecule has 0 fully saturated rings. The monoisotopic (exact) mass is 183 g/mol. The second-order valence-corrected chi connectivity index (χ2v) is 3.90. The molecule has 66 valence electrons. The van der Waals surface area contributed by atoms with E-state index in [1.165, 1.54) is 0 Å². The number of carbonyl (C=O) groups is 1. The molecule has 0 aromatic heterocycles. The lowest BCUT2D eigenvalue weighted by Gasteiger charge is -2.15. The number of carboxylic acids is 1. The topological polar surface area (TPSA) is 118 Å². The fourth-order valence-corrected chi connectivity index (χ4v) is 1.32. The minimum Gasteiger partial charge on any atom is -0.480 e. The van der Waals surface area contributed by atoms with E-state index in [-0.39, 0.29) is 0 Å². The lowest BCUT2D eigenvalue weighted by molar-refractivity contribution is -0.141. The number of nitrogens with two attached hydrogens (primary N) is 1. The average Bonchev–Trinajstić information content (AvgIpc) is 1.56. The zero-order valence-electron chi connectivity index (χ0n) is 5.81. The predicted octanol–water partition coefficient (Wildman–Crippen LogP) is -1.32. The molecule has 1 unspecified atom stereocenters. The smallest absolute Gasteiger partial charge is 0.324 e. The maximum absolute atomic E-state index is 10.2. The van der Waals surface area contributed by atoms with Gasteiger partial charge in [0.05, 0.1) is 0 Å². The summed E-state index contributed by atoms with van der Waals surface area (Å²) in [6.07, 6.45) is 0. The van der Waals surface area contributed by atoms with E-state index in [0.717, 1.165) is 6.92 Å². The first-order valence-corrected chi connectivity index (χ1v) is 4.23. The van der Waals surface area contributed by atoms with Gasteiger partial charge in [-0.05, 0) is 6.92 Å². The number of rotatable bonds is 3. The summed E-state index contributed by atoms with van der Waals surface area (Å²) in [5, 5.41) is 8.30. The Labute approximate surface area is 63.8 Å². The second kappa shape index (κ2) is 2.76. The van der Waals surface area contributed by atoms with Crippen molar-refractivity contribution in [3.05, 3.63) is 0 Å². The fourth-order valence-electron chi connectivity index (χ4n) is 0.441. The van der Waals surface area contributed by atoms with E-state index in [9.17, 15) is 13.2 Å². The highest BCUT2D eigenvalue weighted by Gasteiger charge is 2.33. The first-order chi connectivity index (χ1) is 4.65. The van der Waals surface area contributed by atoms with Gasteiger partial charge in [0.25, 0.3) is 10.1 Å². The quantitative estimate of drug-likeness (QED) is 0.467. The van der Waals surface area contributed by atoms with E-state index in [1.807, 2.05) is 0 Å². The highest BCUT2D eigenvalue weighted by atomic mass is 32.2. The van der Waals surface area contributed by atoms with E-state index in [2.05, 4.69) is 0 Å². The van der Waals surface area contributed by atoms with Crippen molar-refractivity contribution in [3.63, 3.8) is 0 Å². The summed E-state index contributed by atoms with van der Waals surface area (Å²) < 4.78 is 28.6. The van der Waals surface area contributed by atoms with Gasteiger partial charge in [-0.25, -0.2) is 0 Å². The van der Waals surface area contributed by atoms with Gasteiger partial charge in [-0.1, -0.05) is 0 Å². The molecule has 0 amide bonds. The van der Waals surface area contributed by atoms with Crippen molar-refractivity contribution in [2.24, 2.45) is 5.73 Å². The van der Waals surface area contributed by atoms with Gasteiger partial charge in [0.15, 0.2) is 0 Å². The third-order valence-electron chi connectivity index (χ3n) is 0.971. The van der Waals surface area contributed by atoms with Crippen molar-refractivity contribution < 1.29 is 22.9 Å². The van der Waals surface area contributed by atoms with Crippen LogP contribution in [0.15, 0.2) is 0 Å². The summed E-state index contributed by atoms with van der Waals surface area (Å²) in [7, 11) is -4.33. The van der Waals surface area contributed by atoms with Crippen LogP contribution in [0.2, 0.25) is 0 Å². The van der Waals surface area contributed by atoms with Crippen molar-refractivity contribution >= 4 is 16.1 Å². The van der Waals surface area contributed by atoms with Crippen LogP contribution in [0, 0.1) is 0 Å². The third kappa shape index (κ3) is 3.91. The van der Waals surface area contributed by atoms with E-state index in [0.29, 0.717) is 0 Å². The van der Waals surface area contributed by atoms with Crippen LogP contribution < -0.4 is 5.73 Å². The highest BCUT2D eigenvalue weighted by molar-refractivity contribution is 7.85. The van der Waals surface area contributed by atoms with Crippen molar-refractivity contribution in [1.29, 1.82) is 0 Å². The molecule has 0 saturated heterocycles. The minimum absolute atomic E-state index is 0.991. The molecule has 0 aromatic carbocycles. The van der Waals surface area contributed by atoms with Crippen LogP contribution in [0.25, 0.3) is 0 Å². The minimum atomic E-state index is -4.33. The molecule has 0 saturated carbocycles. The largest absolute Gasteiger partial charge is 0.480 e. The van der Waals surface area contributed by atoms with E-state index in [4.69, 9.17) is 15.4 Å². The summed E-state index contributed by atoms with van der Waals surface area (Å²) >= 11 is 0. The van der Waals surface area contributed by atoms with Gasteiger partial charge in [0, 0.05) is 0 Å². The molecule has 0 aliphatic carbocycles.